The zero-order valence-corrected chi connectivity index (χ0v) is 8.96. The predicted octanol–water partition coefficient (Wildman–Crippen LogP) is 1.00. The van der Waals surface area contributed by atoms with Gasteiger partial charge in [0.25, 0.3) is 11.8 Å². The molecule has 1 aliphatic heterocycles. The van der Waals surface area contributed by atoms with Crippen LogP contribution in [0.3, 0.4) is 0 Å². The van der Waals surface area contributed by atoms with E-state index in [1.807, 2.05) is 18.2 Å². The second kappa shape index (κ2) is 7.55. The van der Waals surface area contributed by atoms with Crippen molar-refractivity contribution in [2.75, 3.05) is 0 Å². The van der Waals surface area contributed by atoms with Crippen LogP contribution in [-0.2, 0) is 0 Å². The fourth-order valence-electron chi connectivity index (χ4n) is 1.43. The summed E-state index contributed by atoms with van der Waals surface area (Å²) in [5.41, 5.74) is 0.940. The number of benzene rings is 1. The summed E-state index contributed by atoms with van der Waals surface area (Å²) in [6.45, 7) is 0. The second-order valence-electron chi connectivity index (χ2n) is 3.35. The smallest absolute Gasteiger partial charge is 0.0267 e. The number of aromatic nitrogens is 1. The summed E-state index contributed by atoms with van der Waals surface area (Å²) < 4.78 is 0. The third kappa shape index (κ3) is 3.83. The van der Waals surface area contributed by atoms with Crippen LogP contribution in [0.5, 0.6) is 0 Å². The molecule has 0 unspecified atom stereocenters. The summed E-state index contributed by atoms with van der Waals surface area (Å²) in [6.07, 6.45) is 3.50. The van der Waals surface area contributed by atoms with Gasteiger partial charge in [0.1, 0.15) is 0 Å². The molecule has 86 valence electrons. The van der Waals surface area contributed by atoms with Crippen LogP contribution in [-0.4, -0.2) is 68.2 Å². The van der Waals surface area contributed by atoms with Crippen LogP contribution in [0.2, 0.25) is 0 Å². The van der Waals surface area contributed by atoms with Gasteiger partial charge in [-0.3, -0.25) is 19.9 Å². The van der Waals surface area contributed by atoms with Crippen molar-refractivity contribution in [3.63, 3.8) is 0 Å². The van der Waals surface area contributed by atoms with Gasteiger partial charge in [-0.25, -0.2) is 0 Å². The zero-order valence-electron chi connectivity index (χ0n) is 8.96. The molecule has 0 radical (unpaired) electrons. The topological polar surface area (TPSA) is 59.1 Å². The molecule has 2 heterocycles. The molecular formula is C13H11KN2O2. The van der Waals surface area contributed by atoms with Gasteiger partial charge in [-0.1, -0.05) is 18.2 Å². The summed E-state index contributed by atoms with van der Waals surface area (Å²) in [6, 6.07) is 12.5. The van der Waals surface area contributed by atoms with E-state index in [1.54, 1.807) is 36.7 Å². The molecule has 4 nitrogen and oxygen atoms in total. The fraction of sp³-hybridized carbons (Fsp3) is 0. The van der Waals surface area contributed by atoms with Gasteiger partial charge in [-0.2, -0.15) is 0 Å². The monoisotopic (exact) mass is 266 g/mol. The molecule has 18 heavy (non-hydrogen) atoms. The minimum Gasteiger partial charge on any atom is -0.265 e. The molecular weight excluding hydrogens is 255 g/mol. The van der Waals surface area contributed by atoms with Gasteiger partial charge in [0.2, 0.25) is 0 Å². The number of rotatable bonds is 0. The summed E-state index contributed by atoms with van der Waals surface area (Å²) in [7, 11) is 0. The number of pyridine rings is 1. The molecule has 0 fully saturated rings. The molecule has 0 atom stereocenters. The molecule has 0 saturated heterocycles. The van der Waals surface area contributed by atoms with Gasteiger partial charge in [0.15, 0.2) is 0 Å². The van der Waals surface area contributed by atoms with Gasteiger partial charge >= 0.3 is 51.4 Å². The van der Waals surface area contributed by atoms with Gasteiger partial charge in [0, 0.05) is 12.4 Å². The van der Waals surface area contributed by atoms with Crippen LogP contribution in [0.15, 0.2) is 54.9 Å². The standard InChI is InChI=1S/C8H5NO2.C5H5N.K.H/c10-7-5-3-1-2-4-6(5)8(11)9-7;1-2-4-6-5-3-1;;/h1-4H,(H,9,10,11);1-5H;;. The first-order chi connectivity index (χ1) is 8.29. The molecule has 5 heteroatoms. The number of amides is 2. The maximum Gasteiger partial charge on any atom is 0.0267 e. The minimum atomic E-state index is -0.300. The van der Waals surface area contributed by atoms with E-state index >= 15 is 0 Å². The van der Waals surface area contributed by atoms with Gasteiger partial charge < -0.3 is 0 Å². The Morgan fingerprint density at radius 1 is 0.778 bits per heavy atom. The molecule has 1 N–H and O–H groups in total. The summed E-state index contributed by atoms with van der Waals surface area (Å²) >= 11 is 0. The van der Waals surface area contributed by atoms with Gasteiger partial charge in [0.05, 0.1) is 11.1 Å². The quantitative estimate of drug-likeness (QED) is 0.572. The largest absolute Gasteiger partial charge is 0.265 e. The maximum atomic E-state index is 10.9. The molecule has 3 rings (SSSR count). The molecule has 1 aliphatic rings. The van der Waals surface area contributed by atoms with E-state index in [1.165, 1.54) is 0 Å². The third-order valence-corrected chi connectivity index (χ3v) is 2.21. The predicted molar refractivity (Wildman–Crippen MR) is 69.6 cm³/mol. The second-order valence-corrected chi connectivity index (χ2v) is 3.35. The van der Waals surface area contributed by atoms with Crippen molar-refractivity contribution in [1.82, 2.24) is 10.3 Å². The van der Waals surface area contributed by atoms with Crippen molar-refractivity contribution < 1.29 is 9.59 Å². The van der Waals surface area contributed by atoms with Crippen molar-refractivity contribution >= 4 is 63.2 Å². The van der Waals surface area contributed by atoms with E-state index in [0.717, 1.165) is 0 Å². The molecule has 0 aliphatic carbocycles. The van der Waals surface area contributed by atoms with Crippen LogP contribution in [0.1, 0.15) is 20.7 Å². The van der Waals surface area contributed by atoms with Crippen molar-refractivity contribution in [2.45, 2.75) is 0 Å². The van der Waals surface area contributed by atoms with Crippen LogP contribution in [0.4, 0.5) is 0 Å². The molecule has 0 bridgehead atoms. The fourth-order valence-corrected chi connectivity index (χ4v) is 1.43. The molecule has 0 spiro atoms. The van der Waals surface area contributed by atoms with E-state index < -0.39 is 0 Å². The summed E-state index contributed by atoms with van der Waals surface area (Å²) in [4.78, 5) is 25.7. The van der Waals surface area contributed by atoms with Crippen molar-refractivity contribution in [1.29, 1.82) is 0 Å². The number of imide groups is 1. The van der Waals surface area contributed by atoms with E-state index in [-0.39, 0.29) is 63.2 Å². The summed E-state index contributed by atoms with van der Waals surface area (Å²) in [5.74, 6) is -0.601. The van der Waals surface area contributed by atoms with Crippen LogP contribution >= 0.6 is 0 Å². The first-order valence-corrected chi connectivity index (χ1v) is 5.09. The maximum absolute atomic E-state index is 10.9. The summed E-state index contributed by atoms with van der Waals surface area (Å²) in [5, 5.41) is 2.20. The Bertz CT molecular complexity index is 484. The number of nitrogens with one attached hydrogen (secondary N) is 1. The molecule has 1 aromatic carbocycles. The average molecular weight is 266 g/mol. The van der Waals surface area contributed by atoms with Crippen LogP contribution in [0.25, 0.3) is 0 Å². The number of hydrogen-bond donors (Lipinski definition) is 1. The average Bonchev–Trinajstić information content (AvgIpc) is 2.69. The molecule has 0 saturated carbocycles. The van der Waals surface area contributed by atoms with Gasteiger partial charge in [-0.15, -0.1) is 0 Å². The van der Waals surface area contributed by atoms with E-state index in [2.05, 4.69) is 10.3 Å². The Hall–Kier alpha value is -0.854. The van der Waals surface area contributed by atoms with E-state index in [4.69, 9.17) is 0 Å². The van der Waals surface area contributed by atoms with Crippen molar-refractivity contribution in [3.8, 4) is 0 Å². The third-order valence-electron chi connectivity index (χ3n) is 2.21. The molecule has 2 aromatic rings. The number of carbonyl (C=O) groups is 2. The van der Waals surface area contributed by atoms with Crippen molar-refractivity contribution in [2.24, 2.45) is 0 Å². The van der Waals surface area contributed by atoms with Crippen LogP contribution in [0, 0.1) is 0 Å². The van der Waals surface area contributed by atoms with Crippen LogP contribution < -0.4 is 5.32 Å². The zero-order chi connectivity index (χ0) is 12.1. The number of carbonyl (C=O) groups excluding carboxylic acids is 2. The Morgan fingerprint density at radius 3 is 1.61 bits per heavy atom. The van der Waals surface area contributed by atoms with E-state index in [0.29, 0.717) is 11.1 Å². The first kappa shape index (κ1) is 15.2. The Morgan fingerprint density at radius 2 is 1.28 bits per heavy atom. The molecule has 2 amide bonds. The number of nitrogens with zero attached hydrogens (tertiary/aromatic N) is 1. The molecule has 1 aromatic heterocycles. The Kier molecular flexibility index (Phi) is 6.38. The first-order valence-electron chi connectivity index (χ1n) is 5.09. The SMILES string of the molecule is O=C1NC(=O)c2ccccc21.[KH].c1ccncc1. The van der Waals surface area contributed by atoms with Gasteiger partial charge in [-0.05, 0) is 24.3 Å². The normalized spacial score (nSPS) is 11.6. The number of fused-ring (bicyclic) bond motifs is 1. The minimum absolute atomic E-state index is 0. The number of hydrogen-bond acceptors (Lipinski definition) is 3. The Balaban J connectivity index is 0.000000199. The van der Waals surface area contributed by atoms with E-state index in [9.17, 15) is 9.59 Å². The van der Waals surface area contributed by atoms with Crippen molar-refractivity contribution in [3.05, 3.63) is 66.0 Å². The Labute approximate surface area is 147 Å².